The third-order valence-electron chi connectivity index (χ3n) is 4.26. The van der Waals surface area contributed by atoms with Crippen LogP contribution < -0.4 is 4.13 Å². The van der Waals surface area contributed by atoms with Gasteiger partial charge in [-0.2, -0.15) is 0 Å². The number of aryl methyl sites for hydroxylation is 2. The Bertz CT molecular complexity index is 1470. The number of benzene rings is 2. The number of rotatable bonds is 9. The molecule has 0 amide bonds. The summed E-state index contributed by atoms with van der Waals surface area (Å²) >= 11 is 0. The van der Waals surface area contributed by atoms with Crippen LogP contribution >= 0.6 is 0 Å². The molecule has 10 nitrogen and oxygen atoms in total. The summed E-state index contributed by atoms with van der Waals surface area (Å²) in [5.41, 5.74) is 2.52. The van der Waals surface area contributed by atoms with Crippen LogP contribution in [0, 0.1) is 13.8 Å². The van der Waals surface area contributed by atoms with Crippen molar-refractivity contribution in [1.82, 2.24) is 14.3 Å². The van der Waals surface area contributed by atoms with Gasteiger partial charge in [-0.05, 0) is 37.6 Å². The topological polar surface area (TPSA) is 153 Å². The second kappa shape index (κ2) is 9.55. The second-order valence-electron chi connectivity index (χ2n) is 7.27. The Kier molecular flexibility index (Phi) is 7.17. The Labute approximate surface area is 192 Å². The summed E-state index contributed by atoms with van der Waals surface area (Å²) in [6.07, 6.45) is 1.41. The van der Waals surface area contributed by atoms with E-state index in [2.05, 4.69) is 10.2 Å². The molecule has 3 aromatic rings. The number of sulfonamides is 2. The van der Waals surface area contributed by atoms with Crippen LogP contribution in [0.1, 0.15) is 28.5 Å². The lowest BCUT2D eigenvalue weighted by molar-refractivity contribution is 0.472. The van der Waals surface area contributed by atoms with E-state index in [-0.39, 0.29) is 10.8 Å². The van der Waals surface area contributed by atoms with Crippen molar-refractivity contribution in [3.05, 3.63) is 82.4 Å². The highest BCUT2D eigenvalue weighted by Gasteiger charge is 2.26. The van der Waals surface area contributed by atoms with Crippen LogP contribution in [0.5, 0.6) is 0 Å². The molecule has 1 N–H and O–H groups in total. The van der Waals surface area contributed by atoms with Gasteiger partial charge in [0.2, 0.25) is 21.8 Å². The highest BCUT2D eigenvalue weighted by atomic mass is 32.3. The second-order valence-corrected chi connectivity index (χ2v) is 12.8. The molecule has 0 saturated carbocycles. The Hall–Kier alpha value is -2.87. The fraction of sp³-hybridized carbons (Fsp3) is 0.200. The van der Waals surface area contributed by atoms with Crippen LogP contribution in [0.3, 0.4) is 0 Å². The van der Waals surface area contributed by atoms with Crippen molar-refractivity contribution in [3.8, 4) is 0 Å². The first-order valence-corrected chi connectivity index (χ1v) is 14.3. The molecule has 3 rings (SSSR count). The van der Waals surface area contributed by atoms with E-state index in [0.717, 1.165) is 16.5 Å². The maximum atomic E-state index is 12.3. The van der Waals surface area contributed by atoms with Crippen LogP contribution in [0.15, 0.2) is 63.3 Å². The molecule has 0 atom stereocenters. The van der Waals surface area contributed by atoms with Crippen LogP contribution in [0.2, 0.25) is 0 Å². The largest absolute Gasteiger partial charge is 0.423 e. The molecular weight excluding hydrogens is 490 g/mol. The zero-order chi connectivity index (χ0) is 24.3. The zero-order valence-electron chi connectivity index (χ0n) is 17.7. The summed E-state index contributed by atoms with van der Waals surface area (Å²) in [5.74, 6) is -2.36. The van der Waals surface area contributed by atoms with Gasteiger partial charge < -0.3 is 4.42 Å². The predicted octanol–water partition coefficient (Wildman–Crippen LogP) is 2.08. The van der Waals surface area contributed by atoms with E-state index in [4.69, 9.17) is 4.42 Å². The maximum absolute atomic E-state index is 12.3. The Morgan fingerprint density at radius 2 is 1.30 bits per heavy atom. The zero-order valence-corrected chi connectivity index (χ0v) is 20.1. The third kappa shape index (κ3) is 7.32. The molecule has 2 aromatic carbocycles. The van der Waals surface area contributed by atoms with Crippen LogP contribution in [-0.4, -0.2) is 35.5 Å². The first kappa shape index (κ1) is 24.8. The van der Waals surface area contributed by atoms with E-state index in [9.17, 15) is 25.3 Å². The molecule has 1 aromatic heterocycles. The highest BCUT2D eigenvalue weighted by molar-refractivity contribution is 8.04. The molecule has 0 aliphatic rings. The predicted molar refractivity (Wildman–Crippen MR) is 121 cm³/mol. The Morgan fingerprint density at radius 1 is 0.788 bits per heavy atom. The molecule has 13 heteroatoms. The first-order chi connectivity index (χ1) is 15.3. The van der Waals surface area contributed by atoms with E-state index in [1.807, 2.05) is 19.1 Å². The van der Waals surface area contributed by atoms with Crippen molar-refractivity contribution < 1.29 is 29.7 Å². The minimum absolute atomic E-state index is 0.227. The van der Waals surface area contributed by atoms with Crippen molar-refractivity contribution >= 4 is 36.0 Å². The van der Waals surface area contributed by atoms with Crippen molar-refractivity contribution in [1.29, 1.82) is 0 Å². The van der Waals surface area contributed by atoms with Gasteiger partial charge in [-0.3, -0.25) is 0 Å². The summed E-state index contributed by atoms with van der Waals surface area (Å²) in [6, 6.07) is 12.8. The lowest BCUT2D eigenvalue weighted by Crippen LogP contribution is -2.31. The number of hydrogen-bond acceptors (Lipinski definition) is 9. The summed E-state index contributed by atoms with van der Waals surface area (Å²) in [6.45, 7) is 3.66. The number of nitrogens with zero attached hydrogens (tertiary/aromatic N) is 2. The lowest BCUT2D eigenvalue weighted by atomic mass is 10.2. The van der Waals surface area contributed by atoms with E-state index >= 15 is 0 Å². The van der Waals surface area contributed by atoms with Gasteiger partial charge in [0.25, 0.3) is 10.0 Å². The number of sulfone groups is 1. The van der Waals surface area contributed by atoms with Crippen LogP contribution in [0.25, 0.3) is 6.08 Å². The van der Waals surface area contributed by atoms with E-state index in [1.54, 1.807) is 23.2 Å². The van der Waals surface area contributed by atoms with Crippen LogP contribution in [-0.2, 0) is 41.4 Å². The van der Waals surface area contributed by atoms with Gasteiger partial charge in [-0.25, -0.2) is 25.3 Å². The molecule has 0 aliphatic heterocycles. The number of aromatic nitrogens is 2. The third-order valence-corrected chi connectivity index (χ3v) is 8.87. The normalized spacial score (nSPS) is 12.9. The summed E-state index contributed by atoms with van der Waals surface area (Å²) in [5, 5.41) is 8.05. The standard InChI is InChI=1S/C20H21N3O7S3/c1-15-3-7-17(8-4-15)11-12-31(24,25)13-19-21-22-20(30-19)14-32(26,27)23-33(28,29)18-9-5-16(2)6-10-18/h3-12,23H,13-14H2,1-2H3/b12-11-. The monoisotopic (exact) mass is 511 g/mol. The van der Waals surface area contributed by atoms with Gasteiger partial charge in [0.05, 0.1) is 4.90 Å². The van der Waals surface area contributed by atoms with Crippen molar-refractivity contribution in [2.24, 2.45) is 0 Å². The Balaban J connectivity index is 1.66. The summed E-state index contributed by atoms with van der Waals surface area (Å²) < 4.78 is 80.5. The number of hydrogen-bond donors (Lipinski definition) is 1. The van der Waals surface area contributed by atoms with Gasteiger partial charge in [0.1, 0.15) is 11.5 Å². The first-order valence-electron chi connectivity index (χ1n) is 9.45. The minimum Gasteiger partial charge on any atom is -0.423 e. The van der Waals surface area contributed by atoms with E-state index in [1.165, 1.54) is 30.3 Å². The molecule has 0 unspecified atom stereocenters. The van der Waals surface area contributed by atoms with Gasteiger partial charge in [0.15, 0.2) is 9.84 Å². The van der Waals surface area contributed by atoms with E-state index in [0.29, 0.717) is 5.56 Å². The number of nitrogens with one attached hydrogen (secondary N) is 1. The quantitative estimate of drug-likeness (QED) is 0.455. The fourth-order valence-electron chi connectivity index (χ4n) is 2.61. The molecular formula is C20H21N3O7S3. The summed E-state index contributed by atoms with van der Waals surface area (Å²) in [4.78, 5) is -0.227. The molecule has 0 fully saturated rings. The SMILES string of the molecule is Cc1ccc(/C=C\S(=O)(=O)Cc2nnc(CS(=O)(=O)NS(=O)(=O)c3ccc(C)cc3)o2)cc1. The molecule has 33 heavy (non-hydrogen) atoms. The highest BCUT2D eigenvalue weighted by Crippen LogP contribution is 2.14. The van der Waals surface area contributed by atoms with Gasteiger partial charge in [0, 0.05) is 5.41 Å². The smallest absolute Gasteiger partial charge is 0.253 e. The molecule has 0 aliphatic carbocycles. The minimum atomic E-state index is -4.43. The fourth-order valence-corrected chi connectivity index (χ4v) is 6.43. The molecule has 0 bridgehead atoms. The van der Waals surface area contributed by atoms with Crippen molar-refractivity contribution in [3.63, 3.8) is 0 Å². The van der Waals surface area contributed by atoms with E-state index < -0.39 is 47.3 Å². The van der Waals surface area contributed by atoms with Gasteiger partial charge in [-0.1, -0.05) is 47.5 Å². The molecule has 0 radical (unpaired) electrons. The molecule has 176 valence electrons. The average Bonchev–Trinajstić information content (AvgIpc) is 3.12. The molecule has 0 saturated heterocycles. The van der Waals surface area contributed by atoms with Gasteiger partial charge in [-0.15, -0.1) is 14.3 Å². The van der Waals surface area contributed by atoms with Crippen LogP contribution in [0.4, 0.5) is 0 Å². The molecule has 1 heterocycles. The average molecular weight is 512 g/mol. The van der Waals surface area contributed by atoms with Crippen molar-refractivity contribution in [2.75, 3.05) is 0 Å². The lowest BCUT2D eigenvalue weighted by Gasteiger charge is -2.06. The molecule has 0 spiro atoms. The van der Waals surface area contributed by atoms with Crippen molar-refractivity contribution in [2.45, 2.75) is 30.2 Å². The maximum Gasteiger partial charge on any atom is 0.253 e. The Morgan fingerprint density at radius 3 is 1.88 bits per heavy atom. The summed E-state index contributed by atoms with van der Waals surface area (Å²) in [7, 11) is -12.6. The van der Waals surface area contributed by atoms with Gasteiger partial charge >= 0.3 is 0 Å².